The summed E-state index contributed by atoms with van der Waals surface area (Å²) < 4.78 is 35.8. The highest BCUT2D eigenvalue weighted by molar-refractivity contribution is 7.94. The van der Waals surface area contributed by atoms with E-state index in [1.165, 1.54) is 12.6 Å². The normalized spacial score (nSPS) is 18.1. The smallest absolute Gasteiger partial charge is 0.261 e. The van der Waals surface area contributed by atoms with E-state index in [0.717, 1.165) is 55.1 Å². The molecule has 2 aromatic heterocycles. The molecule has 10 nitrogen and oxygen atoms in total. The van der Waals surface area contributed by atoms with Gasteiger partial charge in [0.15, 0.2) is 9.84 Å². The van der Waals surface area contributed by atoms with E-state index in [1.807, 2.05) is 18.5 Å². The van der Waals surface area contributed by atoms with Gasteiger partial charge in [-0.2, -0.15) is 4.98 Å². The van der Waals surface area contributed by atoms with Crippen molar-refractivity contribution in [2.24, 2.45) is 4.99 Å². The number of aromatic nitrogens is 4. The Morgan fingerprint density at radius 1 is 1.08 bits per heavy atom. The van der Waals surface area contributed by atoms with Crippen molar-refractivity contribution in [3.8, 4) is 11.6 Å². The highest BCUT2D eigenvalue weighted by Crippen LogP contribution is 2.38. The number of anilines is 1. The summed E-state index contributed by atoms with van der Waals surface area (Å²) in [7, 11) is -1.74. The quantitative estimate of drug-likeness (QED) is 0.556. The largest absolute Gasteiger partial charge is 0.490 e. The summed E-state index contributed by atoms with van der Waals surface area (Å²) in [6, 6.07) is 0. The van der Waals surface area contributed by atoms with E-state index in [9.17, 15) is 8.42 Å². The van der Waals surface area contributed by atoms with Crippen LogP contribution in [0.25, 0.3) is 5.70 Å². The van der Waals surface area contributed by atoms with Crippen molar-refractivity contribution in [3.05, 3.63) is 58.7 Å². The van der Waals surface area contributed by atoms with Crippen LogP contribution in [-0.4, -0.2) is 66.6 Å². The van der Waals surface area contributed by atoms with Crippen molar-refractivity contribution in [3.63, 3.8) is 0 Å². The van der Waals surface area contributed by atoms with Crippen LogP contribution in [0.4, 0.5) is 5.95 Å². The fraction of sp³-hybridized carbons (Fsp3) is 0.400. The summed E-state index contributed by atoms with van der Waals surface area (Å²) in [6.45, 7) is 3.64. The lowest BCUT2D eigenvalue weighted by molar-refractivity contribution is 0.156. The summed E-state index contributed by atoms with van der Waals surface area (Å²) in [6.07, 6.45) is 14.4. The van der Waals surface area contributed by atoms with Gasteiger partial charge in [-0.25, -0.2) is 23.4 Å². The number of rotatable bonds is 7. The zero-order valence-corrected chi connectivity index (χ0v) is 21.3. The topological polar surface area (TPSA) is 120 Å². The molecule has 0 atom stereocenters. The van der Waals surface area contributed by atoms with Crippen LogP contribution in [-0.2, 0) is 16.3 Å². The first-order valence-electron chi connectivity index (χ1n) is 11.9. The van der Waals surface area contributed by atoms with Gasteiger partial charge >= 0.3 is 0 Å². The summed E-state index contributed by atoms with van der Waals surface area (Å²) in [5.41, 5.74) is 3.77. The Morgan fingerprint density at radius 2 is 1.83 bits per heavy atom. The number of fused-ring (bicyclic) bond motifs is 1. The Labute approximate surface area is 210 Å². The average Bonchev–Trinajstić information content (AvgIpc) is 3.32. The molecule has 0 unspecified atom stereocenters. The molecule has 11 heteroatoms. The maximum atomic E-state index is 11.9. The lowest BCUT2D eigenvalue weighted by Crippen LogP contribution is -2.39. The van der Waals surface area contributed by atoms with E-state index in [4.69, 9.17) is 9.47 Å². The molecule has 0 saturated carbocycles. The molecule has 1 saturated heterocycles. The maximum Gasteiger partial charge on any atom is 0.261 e. The van der Waals surface area contributed by atoms with Crippen LogP contribution in [0.15, 0.2) is 52.4 Å². The van der Waals surface area contributed by atoms with Gasteiger partial charge in [-0.15, -0.1) is 0 Å². The van der Waals surface area contributed by atoms with E-state index in [1.54, 1.807) is 19.3 Å². The van der Waals surface area contributed by atoms with Gasteiger partial charge in [0.1, 0.15) is 18.1 Å². The Kier molecular flexibility index (Phi) is 6.57. The number of allylic oxidation sites excluding steroid dienone is 4. The molecule has 0 radical (unpaired) electrons. The number of hydrogen-bond acceptors (Lipinski definition) is 10. The van der Waals surface area contributed by atoms with E-state index in [0.29, 0.717) is 34.3 Å². The SMILES string of the molecule is CCc1cnc(N2CCC(Oc3ncnc(C4=CC5=CC(S(C)(=O)=O)=CCC5=N4)c3OC)CC2)nc1. The van der Waals surface area contributed by atoms with Crippen molar-refractivity contribution in [2.45, 2.75) is 38.7 Å². The van der Waals surface area contributed by atoms with Crippen molar-refractivity contribution >= 4 is 27.2 Å². The molecule has 188 valence electrons. The number of ether oxygens (including phenoxy) is 2. The van der Waals surface area contributed by atoms with Crippen molar-refractivity contribution in [1.82, 2.24) is 19.9 Å². The van der Waals surface area contributed by atoms with Gasteiger partial charge in [-0.05, 0) is 29.7 Å². The van der Waals surface area contributed by atoms with Crippen LogP contribution >= 0.6 is 0 Å². The second-order valence-corrected chi connectivity index (χ2v) is 10.9. The summed E-state index contributed by atoms with van der Waals surface area (Å²) >= 11 is 0. The van der Waals surface area contributed by atoms with Gasteiger partial charge in [0.25, 0.3) is 5.88 Å². The van der Waals surface area contributed by atoms with E-state index in [-0.39, 0.29) is 6.10 Å². The summed E-state index contributed by atoms with van der Waals surface area (Å²) in [5, 5.41) is 0. The number of sulfone groups is 1. The highest BCUT2D eigenvalue weighted by Gasteiger charge is 2.28. The number of aryl methyl sites for hydroxylation is 1. The monoisotopic (exact) mass is 508 g/mol. The van der Waals surface area contributed by atoms with Crippen LogP contribution in [0.3, 0.4) is 0 Å². The van der Waals surface area contributed by atoms with Gasteiger partial charge in [-0.1, -0.05) is 13.0 Å². The lowest BCUT2D eigenvalue weighted by atomic mass is 10.0. The van der Waals surface area contributed by atoms with Crippen LogP contribution in [0.5, 0.6) is 11.6 Å². The van der Waals surface area contributed by atoms with Gasteiger partial charge in [0.2, 0.25) is 11.7 Å². The minimum Gasteiger partial charge on any atom is -0.490 e. The van der Waals surface area contributed by atoms with Gasteiger partial charge < -0.3 is 14.4 Å². The third-order valence-electron chi connectivity index (χ3n) is 6.42. The van der Waals surface area contributed by atoms with Crippen LogP contribution in [0.2, 0.25) is 0 Å². The number of nitrogens with zero attached hydrogens (tertiary/aromatic N) is 6. The lowest BCUT2D eigenvalue weighted by Gasteiger charge is -2.32. The number of methoxy groups -OCH3 is 1. The van der Waals surface area contributed by atoms with Gasteiger partial charge in [0, 0.05) is 51.0 Å². The predicted octanol–water partition coefficient (Wildman–Crippen LogP) is 2.94. The second kappa shape index (κ2) is 9.81. The molecule has 3 aliphatic rings. The molecule has 0 bridgehead atoms. The Morgan fingerprint density at radius 3 is 2.50 bits per heavy atom. The zero-order chi connectivity index (χ0) is 25.3. The first kappa shape index (κ1) is 24.1. The molecule has 1 fully saturated rings. The van der Waals surface area contributed by atoms with Crippen molar-refractivity contribution in [1.29, 1.82) is 0 Å². The van der Waals surface area contributed by atoms with Gasteiger partial charge in [-0.3, -0.25) is 4.99 Å². The third-order valence-corrected chi connectivity index (χ3v) is 7.57. The molecular formula is C25H28N6O4S. The molecular weight excluding hydrogens is 480 g/mol. The predicted molar refractivity (Wildman–Crippen MR) is 137 cm³/mol. The Bertz CT molecular complexity index is 1390. The van der Waals surface area contributed by atoms with Crippen LogP contribution < -0.4 is 14.4 Å². The third kappa shape index (κ3) is 4.88. The van der Waals surface area contributed by atoms with Crippen molar-refractivity contribution < 1.29 is 17.9 Å². The first-order chi connectivity index (χ1) is 17.4. The number of hydrogen-bond donors (Lipinski definition) is 0. The molecule has 36 heavy (non-hydrogen) atoms. The number of piperidine rings is 1. The molecule has 1 aliphatic carbocycles. The summed E-state index contributed by atoms with van der Waals surface area (Å²) in [5.74, 6) is 1.51. The molecule has 4 heterocycles. The molecule has 0 amide bonds. The molecule has 0 N–H and O–H groups in total. The molecule has 2 aliphatic heterocycles. The van der Waals surface area contributed by atoms with E-state index in [2.05, 4.69) is 36.8 Å². The molecule has 5 rings (SSSR count). The fourth-order valence-corrected chi connectivity index (χ4v) is 5.11. The Balaban J connectivity index is 1.30. The zero-order valence-electron chi connectivity index (χ0n) is 20.5. The Hall–Kier alpha value is -3.60. The van der Waals surface area contributed by atoms with Crippen LogP contribution in [0.1, 0.15) is 37.4 Å². The number of aliphatic imine (C=N–C) groups is 1. The second-order valence-electron chi connectivity index (χ2n) is 8.88. The highest BCUT2D eigenvalue weighted by atomic mass is 32.2. The average molecular weight is 509 g/mol. The molecule has 0 aromatic carbocycles. The summed E-state index contributed by atoms with van der Waals surface area (Å²) in [4.78, 5) is 24.8. The van der Waals surface area contributed by atoms with Gasteiger partial charge in [0.05, 0.1) is 23.4 Å². The standard InChI is InChI=1S/C25H28N6O4S/c1-4-16-13-26-25(27-14-16)31-9-7-18(8-10-31)35-24-23(34-2)22(28-15-29-24)21-12-17-11-19(36(3,32)33)5-6-20(17)30-21/h5,11-15,18H,4,6-10H2,1-3H3. The fourth-order valence-electron chi connectivity index (χ4n) is 4.38. The molecule has 0 spiro atoms. The molecule has 2 aromatic rings. The van der Waals surface area contributed by atoms with E-state index >= 15 is 0 Å². The van der Waals surface area contributed by atoms with Crippen molar-refractivity contribution in [2.75, 3.05) is 31.4 Å². The van der Waals surface area contributed by atoms with E-state index < -0.39 is 9.84 Å². The minimum absolute atomic E-state index is 0.0384. The minimum atomic E-state index is -3.29. The first-order valence-corrected chi connectivity index (χ1v) is 13.8. The maximum absolute atomic E-state index is 11.9. The van der Waals surface area contributed by atoms with Crippen LogP contribution in [0, 0.1) is 0 Å².